The average molecular weight is 409 g/mol. The summed E-state index contributed by atoms with van der Waals surface area (Å²) >= 11 is 12.2. The van der Waals surface area contributed by atoms with E-state index in [-0.39, 0.29) is 0 Å². The molecule has 0 unspecified atom stereocenters. The Hall–Kier alpha value is -2.96. The van der Waals surface area contributed by atoms with E-state index in [4.69, 9.17) is 28.2 Å². The zero-order valence-electron chi connectivity index (χ0n) is 14.8. The first-order chi connectivity index (χ1) is 13.6. The molecule has 0 aliphatic carbocycles. The molecule has 5 rings (SSSR count). The molecule has 0 saturated carbocycles. The Morgan fingerprint density at radius 2 is 1.79 bits per heavy atom. The van der Waals surface area contributed by atoms with Gasteiger partial charge in [0.25, 0.3) is 0 Å². The maximum absolute atomic E-state index is 6.15. The van der Waals surface area contributed by atoms with Gasteiger partial charge in [-0.05, 0) is 30.2 Å². The summed E-state index contributed by atoms with van der Waals surface area (Å²) in [5.74, 6) is 0.652. The van der Waals surface area contributed by atoms with Gasteiger partial charge in [0, 0.05) is 5.56 Å². The minimum Gasteiger partial charge on any atom is -0.216 e. The molecule has 138 valence electrons. The molecule has 0 fully saturated rings. The Morgan fingerprint density at radius 3 is 2.54 bits per heavy atom. The number of benzene rings is 2. The standard InChI is InChI=1S/C20H14Cl2N6/c1-2-12-3-5-13(6-4-12)18-25-20-15-10-24-28(19(15)23-11-27(20)26-18)14-7-8-16(21)17(22)9-14/h3-11H,2H2,1H3. The van der Waals surface area contributed by atoms with Gasteiger partial charge in [-0.3, -0.25) is 0 Å². The van der Waals surface area contributed by atoms with Crippen molar-refractivity contribution in [1.82, 2.24) is 29.4 Å². The smallest absolute Gasteiger partial charge is 0.182 e. The summed E-state index contributed by atoms with van der Waals surface area (Å²) in [6, 6.07) is 13.6. The van der Waals surface area contributed by atoms with Gasteiger partial charge >= 0.3 is 0 Å². The molecule has 2 aromatic carbocycles. The van der Waals surface area contributed by atoms with Crippen LogP contribution in [0.5, 0.6) is 0 Å². The van der Waals surface area contributed by atoms with Gasteiger partial charge in [0.2, 0.25) is 0 Å². The Bertz CT molecular complexity index is 1320. The third-order valence-corrected chi connectivity index (χ3v) is 5.41. The summed E-state index contributed by atoms with van der Waals surface area (Å²) in [7, 11) is 0. The van der Waals surface area contributed by atoms with E-state index in [0.717, 1.165) is 23.1 Å². The number of rotatable bonds is 3. The van der Waals surface area contributed by atoms with Gasteiger partial charge in [-0.1, -0.05) is 54.4 Å². The second kappa shape index (κ2) is 6.58. The highest BCUT2D eigenvalue weighted by atomic mass is 35.5. The van der Waals surface area contributed by atoms with Crippen LogP contribution in [0.1, 0.15) is 12.5 Å². The number of halogens is 2. The highest BCUT2D eigenvalue weighted by Gasteiger charge is 2.15. The summed E-state index contributed by atoms with van der Waals surface area (Å²) in [5, 5.41) is 10.8. The topological polar surface area (TPSA) is 60.9 Å². The summed E-state index contributed by atoms with van der Waals surface area (Å²) in [6.07, 6.45) is 4.38. The maximum Gasteiger partial charge on any atom is 0.182 e. The van der Waals surface area contributed by atoms with E-state index in [1.54, 1.807) is 33.9 Å². The van der Waals surface area contributed by atoms with Crippen molar-refractivity contribution in [1.29, 1.82) is 0 Å². The lowest BCUT2D eigenvalue weighted by molar-refractivity contribution is 0.882. The molecule has 0 radical (unpaired) electrons. The molecule has 0 aliphatic rings. The fourth-order valence-corrected chi connectivity index (χ4v) is 3.43. The predicted molar refractivity (Wildman–Crippen MR) is 110 cm³/mol. The van der Waals surface area contributed by atoms with E-state index in [1.807, 2.05) is 18.2 Å². The van der Waals surface area contributed by atoms with Crippen LogP contribution in [0.4, 0.5) is 0 Å². The zero-order valence-corrected chi connectivity index (χ0v) is 16.4. The number of fused-ring (bicyclic) bond motifs is 3. The van der Waals surface area contributed by atoms with E-state index in [2.05, 4.69) is 34.2 Å². The van der Waals surface area contributed by atoms with Gasteiger partial charge < -0.3 is 0 Å². The van der Waals surface area contributed by atoms with Crippen molar-refractivity contribution in [3.8, 4) is 17.1 Å². The zero-order chi connectivity index (χ0) is 19.3. The van der Waals surface area contributed by atoms with Crippen molar-refractivity contribution in [2.75, 3.05) is 0 Å². The molecule has 0 bridgehead atoms. The van der Waals surface area contributed by atoms with E-state index in [0.29, 0.717) is 27.2 Å². The number of aryl methyl sites for hydroxylation is 1. The van der Waals surface area contributed by atoms with Crippen LogP contribution in [0.2, 0.25) is 10.0 Å². The number of aromatic nitrogens is 6. The molecule has 0 amide bonds. The molecule has 3 heterocycles. The van der Waals surface area contributed by atoms with Crippen LogP contribution >= 0.6 is 23.2 Å². The number of nitrogens with zero attached hydrogens (tertiary/aromatic N) is 6. The molecule has 0 saturated heterocycles. The Balaban J connectivity index is 1.65. The molecule has 0 atom stereocenters. The monoisotopic (exact) mass is 408 g/mol. The molecule has 28 heavy (non-hydrogen) atoms. The minimum absolute atomic E-state index is 0.462. The molecule has 8 heteroatoms. The van der Waals surface area contributed by atoms with Crippen LogP contribution in [0.25, 0.3) is 33.8 Å². The van der Waals surface area contributed by atoms with Gasteiger partial charge in [-0.15, -0.1) is 5.10 Å². The highest BCUT2D eigenvalue weighted by Crippen LogP contribution is 2.27. The van der Waals surface area contributed by atoms with Crippen molar-refractivity contribution in [2.24, 2.45) is 0 Å². The van der Waals surface area contributed by atoms with E-state index in [9.17, 15) is 0 Å². The van der Waals surface area contributed by atoms with Crippen LogP contribution in [-0.4, -0.2) is 29.4 Å². The van der Waals surface area contributed by atoms with Crippen molar-refractivity contribution < 1.29 is 0 Å². The Kier molecular flexibility index (Phi) is 4.03. The predicted octanol–water partition coefficient (Wildman–Crippen LogP) is 5.00. The quantitative estimate of drug-likeness (QED) is 0.421. The van der Waals surface area contributed by atoms with Gasteiger partial charge in [0.05, 0.1) is 27.3 Å². The molecular weight excluding hydrogens is 395 g/mol. The van der Waals surface area contributed by atoms with Crippen molar-refractivity contribution in [3.63, 3.8) is 0 Å². The summed E-state index contributed by atoms with van der Waals surface area (Å²) in [5.41, 5.74) is 4.39. The Morgan fingerprint density at radius 1 is 0.964 bits per heavy atom. The van der Waals surface area contributed by atoms with Crippen LogP contribution in [0.3, 0.4) is 0 Å². The number of hydrogen-bond donors (Lipinski definition) is 0. The SMILES string of the molecule is CCc1ccc(-c2nc3c4cnn(-c5ccc(Cl)c(Cl)c5)c4ncn3n2)cc1. The fraction of sp³-hybridized carbons (Fsp3) is 0.100. The van der Waals surface area contributed by atoms with Gasteiger partial charge in [-0.25, -0.2) is 19.2 Å². The van der Waals surface area contributed by atoms with Crippen LogP contribution in [-0.2, 0) is 6.42 Å². The Labute approximate surface area is 170 Å². The fourth-order valence-electron chi connectivity index (χ4n) is 3.14. The second-order valence-corrected chi connectivity index (χ2v) is 7.21. The van der Waals surface area contributed by atoms with E-state index < -0.39 is 0 Å². The lowest BCUT2D eigenvalue weighted by atomic mass is 10.1. The first-order valence-corrected chi connectivity index (χ1v) is 9.53. The number of hydrogen-bond acceptors (Lipinski definition) is 4. The maximum atomic E-state index is 6.15. The molecule has 0 aliphatic heterocycles. The van der Waals surface area contributed by atoms with Crippen LogP contribution < -0.4 is 0 Å². The first-order valence-electron chi connectivity index (χ1n) is 8.78. The minimum atomic E-state index is 0.462. The molecule has 0 spiro atoms. The van der Waals surface area contributed by atoms with Crippen LogP contribution in [0.15, 0.2) is 55.0 Å². The largest absolute Gasteiger partial charge is 0.216 e. The third-order valence-electron chi connectivity index (χ3n) is 4.67. The lowest BCUT2D eigenvalue weighted by Crippen LogP contribution is -1.99. The summed E-state index contributed by atoms with van der Waals surface area (Å²) in [6.45, 7) is 2.13. The van der Waals surface area contributed by atoms with Gasteiger partial charge in [-0.2, -0.15) is 5.10 Å². The van der Waals surface area contributed by atoms with E-state index in [1.165, 1.54) is 5.56 Å². The summed E-state index contributed by atoms with van der Waals surface area (Å²) in [4.78, 5) is 9.23. The average Bonchev–Trinajstić information content (AvgIpc) is 3.34. The van der Waals surface area contributed by atoms with E-state index >= 15 is 0 Å². The lowest BCUT2D eigenvalue weighted by Gasteiger charge is -2.04. The van der Waals surface area contributed by atoms with Crippen molar-refractivity contribution >= 4 is 39.9 Å². The van der Waals surface area contributed by atoms with Crippen molar-refractivity contribution in [3.05, 3.63) is 70.6 Å². The third kappa shape index (κ3) is 2.73. The molecule has 6 nitrogen and oxygen atoms in total. The first kappa shape index (κ1) is 17.2. The molecule has 5 aromatic rings. The summed E-state index contributed by atoms with van der Waals surface area (Å²) < 4.78 is 3.38. The van der Waals surface area contributed by atoms with Crippen LogP contribution in [0, 0.1) is 0 Å². The highest BCUT2D eigenvalue weighted by molar-refractivity contribution is 6.42. The van der Waals surface area contributed by atoms with Gasteiger partial charge in [0.15, 0.2) is 17.1 Å². The molecule has 0 N–H and O–H groups in total. The normalized spacial score (nSPS) is 11.5. The molecule has 3 aromatic heterocycles. The van der Waals surface area contributed by atoms with Gasteiger partial charge in [0.1, 0.15) is 6.33 Å². The molecular formula is C20H14Cl2N6. The van der Waals surface area contributed by atoms with Crippen molar-refractivity contribution in [2.45, 2.75) is 13.3 Å². The second-order valence-electron chi connectivity index (χ2n) is 6.39.